The largest absolute Gasteiger partial charge is 0.390 e. The van der Waals surface area contributed by atoms with E-state index in [1.165, 1.54) is 0 Å². The van der Waals surface area contributed by atoms with Crippen molar-refractivity contribution in [2.45, 2.75) is 37.6 Å². The predicted molar refractivity (Wildman–Crippen MR) is 60.0 cm³/mol. The van der Waals surface area contributed by atoms with Crippen LogP contribution in [-0.4, -0.2) is 57.0 Å². The Bertz CT molecular complexity index is 223. The Hall–Kier alpha value is -0.330. The summed E-state index contributed by atoms with van der Waals surface area (Å²) < 4.78 is 41.8. The molecular formula is C11H21F3N2O. The van der Waals surface area contributed by atoms with Gasteiger partial charge in [-0.3, -0.25) is 0 Å². The second-order valence-corrected chi connectivity index (χ2v) is 4.64. The summed E-state index contributed by atoms with van der Waals surface area (Å²) in [4.78, 5) is 1.69. The van der Waals surface area contributed by atoms with E-state index in [0.29, 0.717) is 6.54 Å². The molecule has 0 amide bonds. The Morgan fingerprint density at radius 2 is 1.94 bits per heavy atom. The lowest BCUT2D eigenvalue weighted by molar-refractivity contribution is -0.138. The van der Waals surface area contributed by atoms with Gasteiger partial charge in [0.15, 0.2) is 0 Å². The quantitative estimate of drug-likeness (QED) is 0.780. The molecule has 2 atom stereocenters. The van der Waals surface area contributed by atoms with E-state index in [1.807, 2.05) is 7.05 Å². The van der Waals surface area contributed by atoms with Crippen molar-refractivity contribution in [2.24, 2.45) is 0 Å². The average molecular weight is 254 g/mol. The van der Waals surface area contributed by atoms with Crippen molar-refractivity contribution in [3.05, 3.63) is 0 Å². The van der Waals surface area contributed by atoms with E-state index in [1.54, 1.807) is 11.9 Å². The van der Waals surface area contributed by atoms with Gasteiger partial charge in [-0.2, -0.15) is 13.2 Å². The van der Waals surface area contributed by atoms with E-state index < -0.39 is 12.6 Å². The lowest BCUT2D eigenvalue weighted by Crippen LogP contribution is -2.33. The van der Waals surface area contributed by atoms with Crippen molar-refractivity contribution >= 4 is 0 Å². The second-order valence-electron chi connectivity index (χ2n) is 4.64. The van der Waals surface area contributed by atoms with Crippen molar-refractivity contribution in [3.63, 3.8) is 0 Å². The number of nitrogens with zero attached hydrogens (tertiary/aromatic N) is 1. The Labute approximate surface area is 100 Å². The summed E-state index contributed by atoms with van der Waals surface area (Å²) in [6.07, 6.45) is -2.62. The normalized spacial score (nSPS) is 25.8. The number of hydrogen-bond acceptors (Lipinski definition) is 3. The van der Waals surface area contributed by atoms with Crippen LogP contribution in [0.4, 0.5) is 13.2 Å². The minimum atomic E-state index is -4.07. The highest BCUT2D eigenvalue weighted by atomic mass is 19.4. The molecule has 1 fully saturated rings. The molecule has 0 saturated carbocycles. The average Bonchev–Trinajstić information content (AvgIpc) is 2.62. The molecule has 0 aromatic carbocycles. The number of nitrogens with one attached hydrogen (secondary N) is 1. The molecule has 17 heavy (non-hydrogen) atoms. The SMILES string of the molecule is CNCC1CCC(CN(C)CCC(F)(F)F)O1. The highest BCUT2D eigenvalue weighted by Crippen LogP contribution is 2.22. The molecule has 1 saturated heterocycles. The number of hydrogen-bond donors (Lipinski definition) is 1. The summed E-state index contributed by atoms with van der Waals surface area (Å²) >= 11 is 0. The molecule has 1 aliphatic heterocycles. The standard InChI is InChI=1S/C11H21F3N2O/c1-15-7-9-3-4-10(17-9)8-16(2)6-5-11(12,13)14/h9-10,15H,3-8H2,1-2H3. The third-order valence-electron chi connectivity index (χ3n) is 2.92. The van der Waals surface area contributed by atoms with E-state index >= 15 is 0 Å². The predicted octanol–water partition coefficient (Wildman–Crippen LogP) is 1.64. The van der Waals surface area contributed by atoms with Crippen LogP contribution in [0.25, 0.3) is 0 Å². The summed E-state index contributed by atoms with van der Waals surface area (Å²) in [5.41, 5.74) is 0. The molecule has 1 heterocycles. The maximum atomic E-state index is 12.0. The number of ether oxygens (including phenoxy) is 1. The van der Waals surface area contributed by atoms with Gasteiger partial charge in [0, 0.05) is 19.6 Å². The van der Waals surface area contributed by atoms with Crippen LogP contribution in [0.1, 0.15) is 19.3 Å². The molecule has 2 unspecified atom stereocenters. The first-order valence-electron chi connectivity index (χ1n) is 5.96. The minimum absolute atomic E-state index is 0.0417. The lowest BCUT2D eigenvalue weighted by atomic mass is 10.2. The number of likely N-dealkylation sites (N-methyl/N-ethyl adjacent to an activating group) is 2. The smallest absolute Gasteiger partial charge is 0.372 e. The van der Waals surface area contributed by atoms with Gasteiger partial charge in [0.05, 0.1) is 18.6 Å². The van der Waals surface area contributed by atoms with Crippen LogP contribution in [0.2, 0.25) is 0 Å². The fraction of sp³-hybridized carbons (Fsp3) is 1.00. The summed E-state index contributed by atoms with van der Waals surface area (Å²) in [5, 5.41) is 3.04. The van der Waals surface area contributed by atoms with Crippen molar-refractivity contribution in [3.8, 4) is 0 Å². The van der Waals surface area contributed by atoms with Crippen LogP contribution in [-0.2, 0) is 4.74 Å². The first-order valence-corrected chi connectivity index (χ1v) is 5.96. The van der Waals surface area contributed by atoms with Crippen LogP contribution < -0.4 is 5.32 Å². The van der Waals surface area contributed by atoms with Crippen LogP contribution in [0, 0.1) is 0 Å². The van der Waals surface area contributed by atoms with Gasteiger partial charge < -0.3 is 15.0 Å². The minimum Gasteiger partial charge on any atom is -0.372 e. The monoisotopic (exact) mass is 254 g/mol. The maximum Gasteiger partial charge on any atom is 0.390 e. The van der Waals surface area contributed by atoms with Crippen molar-refractivity contribution < 1.29 is 17.9 Å². The molecule has 0 bridgehead atoms. The highest BCUT2D eigenvalue weighted by molar-refractivity contribution is 4.77. The van der Waals surface area contributed by atoms with Crippen LogP contribution in [0.5, 0.6) is 0 Å². The zero-order chi connectivity index (χ0) is 12.9. The molecule has 1 N–H and O–H groups in total. The zero-order valence-corrected chi connectivity index (χ0v) is 10.4. The van der Waals surface area contributed by atoms with Crippen molar-refractivity contribution in [1.29, 1.82) is 0 Å². The summed E-state index contributed by atoms with van der Waals surface area (Å²) in [6, 6.07) is 0. The van der Waals surface area contributed by atoms with Gasteiger partial charge in [-0.15, -0.1) is 0 Å². The lowest BCUT2D eigenvalue weighted by Gasteiger charge is -2.21. The number of halogens is 3. The molecule has 0 aromatic heterocycles. The molecule has 102 valence electrons. The van der Waals surface area contributed by atoms with Gasteiger partial charge in [-0.1, -0.05) is 0 Å². The third kappa shape index (κ3) is 6.24. The van der Waals surface area contributed by atoms with Gasteiger partial charge in [-0.05, 0) is 26.9 Å². The zero-order valence-electron chi connectivity index (χ0n) is 10.4. The molecule has 1 rings (SSSR count). The summed E-state index contributed by atoms with van der Waals surface area (Å²) in [7, 11) is 3.58. The molecule has 1 aliphatic rings. The topological polar surface area (TPSA) is 24.5 Å². The van der Waals surface area contributed by atoms with Crippen LogP contribution >= 0.6 is 0 Å². The van der Waals surface area contributed by atoms with Gasteiger partial charge in [0.1, 0.15) is 0 Å². The first-order chi connectivity index (χ1) is 7.90. The van der Waals surface area contributed by atoms with E-state index in [2.05, 4.69) is 5.32 Å². The Morgan fingerprint density at radius 1 is 1.29 bits per heavy atom. The fourth-order valence-electron chi connectivity index (χ4n) is 2.05. The van der Waals surface area contributed by atoms with Crippen molar-refractivity contribution in [1.82, 2.24) is 10.2 Å². The highest BCUT2D eigenvalue weighted by Gasteiger charge is 2.29. The number of rotatable bonds is 6. The fourth-order valence-corrected chi connectivity index (χ4v) is 2.05. The molecule has 6 heteroatoms. The Balaban J connectivity index is 2.17. The molecule has 0 aliphatic carbocycles. The summed E-state index contributed by atoms with van der Waals surface area (Å²) in [6.45, 7) is 1.43. The molecule has 3 nitrogen and oxygen atoms in total. The Kier molecular flexibility index (Phi) is 5.69. The van der Waals surface area contributed by atoms with Gasteiger partial charge in [-0.25, -0.2) is 0 Å². The van der Waals surface area contributed by atoms with E-state index in [-0.39, 0.29) is 18.8 Å². The van der Waals surface area contributed by atoms with Crippen LogP contribution in [0.3, 0.4) is 0 Å². The Morgan fingerprint density at radius 3 is 2.53 bits per heavy atom. The molecule has 0 radical (unpaired) electrons. The second kappa shape index (κ2) is 6.56. The molecule has 0 aromatic rings. The van der Waals surface area contributed by atoms with Crippen molar-refractivity contribution in [2.75, 3.05) is 33.7 Å². The van der Waals surface area contributed by atoms with E-state index in [4.69, 9.17) is 4.74 Å². The van der Waals surface area contributed by atoms with Crippen LogP contribution in [0.15, 0.2) is 0 Å². The first kappa shape index (κ1) is 14.7. The summed E-state index contributed by atoms with van der Waals surface area (Å²) in [5.74, 6) is 0. The van der Waals surface area contributed by atoms with Gasteiger partial charge in [0.25, 0.3) is 0 Å². The van der Waals surface area contributed by atoms with Gasteiger partial charge in [0.2, 0.25) is 0 Å². The molecular weight excluding hydrogens is 233 g/mol. The molecule has 0 spiro atoms. The third-order valence-corrected chi connectivity index (χ3v) is 2.92. The number of alkyl halides is 3. The maximum absolute atomic E-state index is 12.0. The van der Waals surface area contributed by atoms with Gasteiger partial charge >= 0.3 is 6.18 Å². The van der Waals surface area contributed by atoms with E-state index in [9.17, 15) is 13.2 Å². The van der Waals surface area contributed by atoms with E-state index in [0.717, 1.165) is 19.4 Å².